The lowest BCUT2D eigenvalue weighted by Gasteiger charge is -2.31. The highest BCUT2D eigenvalue weighted by Gasteiger charge is 2.28. The van der Waals surface area contributed by atoms with Crippen LogP contribution in [0.5, 0.6) is 5.75 Å². The third-order valence-corrected chi connectivity index (χ3v) is 4.29. The van der Waals surface area contributed by atoms with Gasteiger partial charge in [-0.1, -0.05) is 13.0 Å². The number of carbonyl (C=O) groups excluding carboxylic acids is 2. The van der Waals surface area contributed by atoms with Crippen molar-refractivity contribution in [2.75, 3.05) is 17.7 Å². The van der Waals surface area contributed by atoms with Gasteiger partial charge in [-0.3, -0.25) is 15.4 Å². The largest absolute Gasteiger partial charge is 0.497 e. The van der Waals surface area contributed by atoms with E-state index in [4.69, 9.17) is 4.74 Å². The van der Waals surface area contributed by atoms with Gasteiger partial charge in [0.1, 0.15) is 11.6 Å². The molecule has 3 rings (SSSR count). The van der Waals surface area contributed by atoms with Crippen LogP contribution in [0.25, 0.3) is 0 Å². The molecule has 1 aliphatic heterocycles. The minimum atomic E-state index is -0.517. The number of methoxy groups -OCH3 is 1. The highest BCUT2D eigenvalue weighted by molar-refractivity contribution is 5.99. The van der Waals surface area contributed by atoms with Crippen molar-refractivity contribution in [2.24, 2.45) is 0 Å². The predicted octanol–water partition coefficient (Wildman–Crippen LogP) is 2.19. The molecule has 2 heterocycles. The number of aromatic nitrogens is 2. The highest BCUT2D eigenvalue weighted by atomic mass is 16.5. The van der Waals surface area contributed by atoms with E-state index in [9.17, 15) is 9.59 Å². The fourth-order valence-corrected chi connectivity index (χ4v) is 2.94. The standard InChI is InChI=1S/C18H24N6O3/c1-4-12-10-16(25)22-17(19-12)24-15(8-11(2)23-24)21-18(26)20-13-6-5-7-14(9-13)27-3/h5-9,12,17,19H,4,10H2,1-3H3,(H,22,25)(H2,20,21,26). The van der Waals surface area contributed by atoms with Gasteiger partial charge in [-0.25, -0.2) is 9.48 Å². The lowest BCUT2D eigenvalue weighted by molar-refractivity contribution is -0.125. The van der Waals surface area contributed by atoms with Gasteiger partial charge in [-0.15, -0.1) is 0 Å². The van der Waals surface area contributed by atoms with Gasteiger partial charge < -0.3 is 15.4 Å². The summed E-state index contributed by atoms with van der Waals surface area (Å²) < 4.78 is 6.72. The van der Waals surface area contributed by atoms with E-state index >= 15 is 0 Å². The summed E-state index contributed by atoms with van der Waals surface area (Å²) in [5, 5.41) is 16.1. The Bertz CT molecular complexity index is 834. The Labute approximate surface area is 157 Å². The second kappa shape index (κ2) is 8.09. The van der Waals surface area contributed by atoms with Crippen molar-refractivity contribution in [3.05, 3.63) is 36.0 Å². The number of urea groups is 1. The molecule has 2 unspecified atom stereocenters. The Morgan fingerprint density at radius 3 is 2.93 bits per heavy atom. The summed E-state index contributed by atoms with van der Waals surface area (Å²) in [6, 6.07) is 8.45. The number of hydrogen-bond acceptors (Lipinski definition) is 5. The molecule has 4 N–H and O–H groups in total. The number of amides is 3. The summed E-state index contributed by atoms with van der Waals surface area (Å²) >= 11 is 0. The Hall–Kier alpha value is -3.07. The first-order valence-corrected chi connectivity index (χ1v) is 8.82. The Morgan fingerprint density at radius 1 is 1.37 bits per heavy atom. The molecule has 1 aromatic heterocycles. The summed E-state index contributed by atoms with van der Waals surface area (Å²) in [4.78, 5) is 24.4. The van der Waals surface area contributed by atoms with Crippen LogP contribution in [-0.4, -0.2) is 34.9 Å². The van der Waals surface area contributed by atoms with Crippen molar-refractivity contribution in [1.82, 2.24) is 20.4 Å². The van der Waals surface area contributed by atoms with Crippen molar-refractivity contribution >= 4 is 23.4 Å². The number of aryl methyl sites for hydroxylation is 1. The van der Waals surface area contributed by atoms with Gasteiger partial charge in [-0.2, -0.15) is 5.10 Å². The summed E-state index contributed by atoms with van der Waals surface area (Å²) in [5.41, 5.74) is 1.33. The molecule has 1 aromatic carbocycles. The molecule has 1 fully saturated rings. The van der Waals surface area contributed by atoms with Gasteiger partial charge in [0.05, 0.1) is 12.8 Å². The van der Waals surface area contributed by atoms with Gasteiger partial charge in [0.15, 0.2) is 6.29 Å². The first-order chi connectivity index (χ1) is 13.0. The second-order valence-electron chi connectivity index (χ2n) is 6.37. The maximum Gasteiger partial charge on any atom is 0.324 e. The van der Waals surface area contributed by atoms with Gasteiger partial charge in [-0.05, 0) is 25.5 Å². The molecule has 1 aliphatic rings. The van der Waals surface area contributed by atoms with Crippen LogP contribution in [0.2, 0.25) is 0 Å². The molecule has 27 heavy (non-hydrogen) atoms. The SMILES string of the molecule is CCC1CC(=O)NC(n2nc(C)cc2NC(=O)Nc2cccc(OC)c2)N1. The van der Waals surface area contributed by atoms with Crippen molar-refractivity contribution in [1.29, 1.82) is 0 Å². The third kappa shape index (κ3) is 4.56. The van der Waals surface area contributed by atoms with Gasteiger partial charge in [0, 0.05) is 30.3 Å². The first kappa shape index (κ1) is 18.7. The molecule has 0 radical (unpaired) electrons. The normalized spacial score (nSPS) is 19.3. The molecular weight excluding hydrogens is 348 g/mol. The van der Waals surface area contributed by atoms with E-state index in [1.54, 1.807) is 42.1 Å². The number of nitrogens with zero attached hydrogens (tertiary/aromatic N) is 2. The molecule has 2 aromatic rings. The van der Waals surface area contributed by atoms with Gasteiger partial charge in [0.2, 0.25) is 5.91 Å². The number of carbonyl (C=O) groups is 2. The number of rotatable bonds is 5. The van der Waals surface area contributed by atoms with Crippen LogP contribution in [0, 0.1) is 6.92 Å². The molecule has 2 atom stereocenters. The van der Waals surface area contributed by atoms with Gasteiger partial charge in [0.25, 0.3) is 0 Å². The van der Waals surface area contributed by atoms with Crippen molar-refractivity contribution < 1.29 is 14.3 Å². The van der Waals surface area contributed by atoms with E-state index in [0.29, 0.717) is 23.7 Å². The maximum absolute atomic E-state index is 12.4. The van der Waals surface area contributed by atoms with Crippen LogP contribution < -0.4 is 26.0 Å². The molecule has 144 valence electrons. The quantitative estimate of drug-likeness (QED) is 0.643. The smallest absolute Gasteiger partial charge is 0.324 e. The van der Waals surface area contributed by atoms with E-state index in [-0.39, 0.29) is 11.9 Å². The van der Waals surface area contributed by atoms with E-state index < -0.39 is 12.3 Å². The fourth-order valence-electron chi connectivity index (χ4n) is 2.94. The third-order valence-electron chi connectivity index (χ3n) is 4.29. The average Bonchev–Trinajstić information content (AvgIpc) is 3.01. The molecule has 9 nitrogen and oxygen atoms in total. The summed E-state index contributed by atoms with van der Waals surface area (Å²) in [5.74, 6) is 1.07. The first-order valence-electron chi connectivity index (χ1n) is 8.82. The Kier molecular flexibility index (Phi) is 5.60. The molecule has 3 amide bonds. The lowest BCUT2D eigenvalue weighted by atomic mass is 10.1. The molecule has 0 aliphatic carbocycles. The Morgan fingerprint density at radius 2 is 2.19 bits per heavy atom. The number of hydrogen-bond donors (Lipinski definition) is 4. The minimum absolute atomic E-state index is 0.0504. The van der Waals surface area contributed by atoms with Crippen molar-refractivity contribution in [3.63, 3.8) is 0 Å². The fraction of sp³-hybridized carbons (Fsp3) is 0.389. The molecule has 1 saturated heterocycles. The number of anilines is 2. The summed E-state index contributed by atoms with van der Waals surface area (Å²) in [6.45, 7) is 3.84. The summed E-state index contributed by atoms with van der Waals surface area (Å²) in [7, 11) is 1.57. The highest BCUT2D eigenvalue weighted by Crippen LogP contribution is 2.20. The van der Waals surface area contributed by atoms with Crippen molar-refractivity contribution in [3.8, 4) is 5.75 Å². The van der Waals surface area contributed by atoms with E-state index in [2.05, 4.69) is 26.4 Å². The zero-order valence-corrected chi connectivity index (χ0v) is 15.6. The zero-order chi connectivity index (χ0) is 19.4. The molecular formula is C18H24N6O3. The van der Waals surface area contributed by atoms with Crippen molar-refractivity contribution in [2.45, 2.75) is 39.0 Å². The maximum atomic E-state index is 12.4. The monoisotopic (exact) mass is 372 g/mol. The molecule has 0 spiro atoms. The van der Waals surface area contributed by atoms with Crippen LogP contribution in [0.1, 0.15) is 31.7 Å². The molecule has 0 saturated carbocycles. The Balaban J connectivity index is 1.73. The van der Waals surface area contributed by atoms with Crippen LogP contribution in [0.4, 0.5) is 16.3 Å². The van der Waals surface area contributed by atoms with Crippen LogP contribution in [0.3, 0.4) is 0 Å². The predicted molar refractivity (Wildman–Crippen MR) is 102 cm³/mol. The molecule has 9 heteroatoms. The lowest BCUT2D eigenvalue weighted by Crippen LogP contribution is -2.53. The molecule has 0 bridgehead atoms. The van der Waals surface area contributed by atoms with Crippen LogP contribution >= 0.6 is 0 Å². The topological polar surface area (TPSA) is 109 Å². The number of benzene rings is 1. The zero-order valence-electron chi connectivity index (χ0n) is 15.6. The van der Waals surface area contributed by atoms with E-state index in [1.165, 1.54) is 0 Å². The number of ether oxygens (including phenoxy) is 1. The minimum Gasteiger partial charge on any atom is -0.497 e. The number of nitrogens with one attached hydrogen (secondary N) is 4. The second-order valence-corrected chi connectivity index (χ2v) is 6.37. The summed E-state index contributed by atoms with van der Waals surface area (Å²) in [6.07, 6.45) is 0.729. The van der Waals surface area contributed by atoms with Crippen LogP contribution in [0.15, 0.2) is 30.3 Å². The van der Waals surface area contributed by atoms with Crippen LogP contribution in [-0.2, 0) is 4.79 Å². The van der Waals surface area contributed by atoms with Gasteiger partial charge >= 0.3 is 6.03 Å². The average molecular weight is 372 g/mol. The van der Waals surface area contributed by atoms with E-state index in [1.807, 2.05) is 13.8 Å². The van der Waals surface area contributed by atoms with E-state index in [0.717, 1.165) is 12.1 Å².